The van der Waals surface area contributed by atoms with Gasteiger partial charge in [0.25, 0.3) is 0 Å². The van der Waals surface area contributed by atoms with Crippen LogP contribution in [0.2, 0.25) is 0 Å². The molecule has 0 unspecified atom stereocenters. The van der Waals surface area contributed by atoms with E-state index in [1.807, 2.05) is 54.6 Å². The van der Waals surface area contributed by atoms with Crippen LogP contribution in [0.1, 0.15) is 0 Å². The molecule has 0 radical (unpaired) electrons. The van der Waals surface area contributed by atoms with E-state index >= 15 is 0 Å². The van der Waals surface area contributed by atoms with E-state index < -0.39 is 0 Å². The first-order chi connectivity index (χ1) is 15.8. The Labute approximate surface area is 186 Å². The number of methoxy groups -OCH3 is 2. The molecule has 0 bridgehead atoms. The number of fused-ring (bicyclic) bond motifs is 2. The highest BCUT2D eigenvalue weighted by molar-refractivity contribution is 5.84. The lowest BCUT2D eigenvalue weighted by Gasteiger charge is -2.13. The fraction of sp³-hybridized carbons (Fsp3) is 0.148. The number of aromatic nitrogens is 2. The molecule has 0 fully saturated rings. The molecule has 0 amide bonds. The molecule has 0 aliphatic rings. The van der Waals surface area contributed by atoms with Crippen LogP contribution in [0, 0.1) is 0 Å². The number of nitrogens with zero attached hydrogens (tertiary/aromatic N) is 2. The van der Waals surface area contributed by atoms with Crippen molar-refractivity contribution in [2.24, 2.45) is 0 Å². The number of para-hydroxylation sites is 2. The summed E-state index contributed by atoms with van der Waals surface area (Å²) in [5.74, 6) is 3.10. The molecule has 0 aliphatic heterocycles. The summed E-state index contributed by atoms with van der Waals surface area (Å²) < 4.78 is 19.2. The zero-order valence-corrected chi connectivity index (χ0v) is 18.1. The topological polar surface area (TPSA) is 45.5 Å². The zero-order valence-electron chi connectivity index (χ0n) is 18.1. The molecule has 5 aromatic rings. The number of benzene rings is 4. The third-order valence-corrected chi connectivity index (χ3v) is 5.60. The molecule has 1 heterocycles. The van der Waals surface area contributed by atoms with Crippen molar-refractivity contribution >= 4 is 21.8 Å². The smallest absolute Gasteiger partial charge is 0.161 e. The Balaban J connectivity index is 1.45. The molecule has 5 heteroatoms. The van der Waals surface area contributed by atoms with Crippen LogP contribution in [-0.2, 0) is 6.54 Å². The van der Waals surface area contributed by atoms with E-state index in [2.05, 4.69) is 34.9 Å². The molecule has 160 valence electrons. The van der Waals surface area contributed by atoms with Crippen LogP contribution < -0.4 is 14.2 Å². The summed E-state index contributed by atoms with van der Waals surface area (Å²) in [4.78, 5) is 4.89. The van der Waals surface area contributed by atoms with Crippen molar-refractivity contribution in [3.05, 3.63) is 84.9 Å². The van der Waals surface area contributed by atoms with E-state index in [0.29, 0.717) is 24.7 Å². The van der Waals surface area contributed by atoms with Crippen molar-refractivity contribution in [1.82, 2.24) is 9.55 Å². The summed E-state index contributed by atoms with van der Waals surface area (Å²) in [6, 6.07) is 28.5. The second-order valence-corrected chi connectivity index (χ2v) is 7.50. The first kappa shape index (κ1) is 19.9. The Hall–Kier alpha value is -3.99. The summed E-state index contributed by atoms with van der Waals surface area (Å²) in [7, 11) is 3.28. The Morgan fingerprint density at radius 3 is 2.38 bits per heavy atom. The summed E-state index contributed by atoms with van der Waals surface area (Å²) in [5, 5.41) is 2.38. The van der Waals surface area contributed by atoms with Gasteiger partial charge in [0.2, 0.25) is 0 Å². The minimum Gasteiger partial charge on any atom is -0.493 e. The average molecular weight is 425 g/mol. The molecular weight excluding hydrogens is 400 g/mol. The van der Waals surface area contributed by atoms with Crippen LogP contribution in [0.25, 0.3) is 33.2 Å². The number of hydrogen-bond acceptors (Lipinski definition) is 4. The van der Waals surface area contributed by atoms with Crippen molar-refractivity contribution in [2.45, 2.75) is 6.54 Å². The number of hydrogen-bond donors (Lipinski definition) is 0. The number of ether oxygens (including phenoxy) is 3. The number of rotatable bonds is 7. The fourth-order valence-corrected chi connectivity index (χ4v) is 4.01. The van der Waals surface area contributed by atoms with E-state index in [0.717, 1.165) is 28.2 Å². The summed E-state index contributed by atoms with van der Waals surface area (Å²) >= 11 is 0. The van der Waals surface area contributed by atoms with Gasteiger partial charge in [0.05, 0.1) is 31.8 Å². The van der Waals surface area contributed by atoms with Crippen LogP contribution in [-0.4, -0.2) is 30.4 Å². The Bertz CT molecular complexity index is 1390. The summed E-state index contributed by atoms with van der Waals surface area (Å²) in [5.41, 5.74) is 2.98. The van der Waals surface area contributed by atoms with Crippen molar-refractivity contribution in [3.8, 4) is 28.6 Å². The first-order valence-electron chi connectivity index (χ1n) is 10.6. The lowest BCUT2D eigenvalue weighted by atomic mass is 10.1. The molecule has 5 nitrogen and oxygen atoms in total. The molecule has 5 rings (SSSR count). The van der Waals surface area contributed by atoms with E-state index in [1.54, 1.807) is 14.2 Å². The van der Waals surface area contributed by atoms with Gasteiger partial charge in [0, 0.05) is 5.56 Å². The van der Waals surface area contributed by atoms with Gasteiger partial charge in [0.15, 0.2) is 11.5 Å². The van der Waals surface area contributed by atoms with Gasteiger partial charge < -0.3 is 18.8 Å². The van der Waals surface area contributed by atoms with Gasteiger partial charge in [-0.05, 0) is 53.2 Å². The van der Waals surface area contributed by atoms with Gasteiger partial charge in [-0.15, -0.1) is 0 Å². The quantitative estimate of drug-likeness (QED) is 0.324. The molecule has 0 aliphatic carbocycles. The van der Waals surface area contributed by atoms with Crippen molar-refractivity contribution in [1.29, 1.82) is 0 Å². The predicted molar refractivity (Wildman–Crippen MR) is 128 cm³/mol. The maximum Gasteiger partial charge on any atom is 0.161 e. The van der Waals surface area contributed by atoms with E-state index in [9.17, 15) is 0 Å². The molecule has 4 aromatic carbocycles. The van der Waals surface area contributed by atoms with Crippen LogP contribution in [0.4, 0.5) is 0 Å². The van der Waals surface area contributed by atoms with Crippen molar-refractivity contribution in [2.75, 3.05) is 20.8 Å². The maximum absolute atomic E-state index is 6.12. The summed E-state index contributed by atoms with van der Waals surface area (Å²) in [6.07, 6.45) is 0. The Morgan fingerprint density at radius 1 is 0.750 bits per heavy atom. The number of imidazole rings is 1. The van der Waals surface area contributed by atoms with Gasteiger partial charge in [-0.1, -0.05) is 42.5 Å². The molecule has 0 atom stereocenters. The second-order valence-electron chi connectivity index (χ2n) is 7.50. The highest BCUT2D eigenvalue weighted by Crippen LogP contribution is 2.33. The van der Waals surface area contributed by atoms with Crippen LogP contribution in [0.3, 0.4) is 0 Å². The normalized spacial score (nSPS) is 11.1. The van der Waals surface area contributed by atoms with Gasteiger partial charge in [-0.2, -0.15) is 0 Å². The van der Waals surface area contributed by atoms with Gasteiger partial charge in [-0.25, -0.2) is 4.98 Å². The molecule has 32 heavy (non-hydrogen) atoms. The maximum atomic E-state index is 6.12. The minimum absolute atomic E-state index is 0.527. The largest absolute Gasteiger partial charge is 0.493 e. The van der Waals surface area contributed by atoms with Gasteiger partial charge >= 0.3 is 0 Å². The molecule has 0 spiro atoms. The van der Waals surface area contributed by atoms with Gasteiger partial charge in [-0.3, -0.25) is 0 Å². The lowest BCUT2D eigenvalue weighted by Crippen LogP contribution is -2.09. The molecule has 0 N–H and O–H groups in total. The monoisotopic (exact) mass is 424 g/mol. The average Bonchev–Trinajstić information content (AvgIpc) is 3.22. The molecular formula is C27H24N2O3. The Kier molecular flexibility index (Phi) is 5.38. The second kappa shape index (κ2) is 8.63. The van der Waals surface area contributed by atoms with Crippen molar-refractivity contribution in [3.63, 3.8) is 0 Å². The van der Waals surface area contributed by atoms with Gasteiger partial charge in [0.1, 0.15) is 18.2 Å². The molecule has 0 saturated carbocycles. The highest BCUT2D eigenvalue weighted by Gasteiger charge is 2.15. The minimum atomic E-state index is 0.527. The lowest BCUT2D eigenvalue weighted by molar-refractivity contribution is 0.301. The SMILES string of the molecule is COc1ccc(-c2nc3ccccc3n2CCOc2ccc3ccccc3c2)cc1OC. The third kappa shape index (κ3) is 3.73. The van der Waals surface area contributed by atoms with E-state index in [4.69, 9.17) is 19.2 Å². The highest BCUT2D eigenvalue weighted by atomic mass is 16.5. The first-order valence-corrected chi connectivity index (χ1v) is 10.6. The standard InChI is InChI=1S/C27H24N2O3/c1-30-25-14-12-21(18-26(25)31-2)27-28-23-9-5-6-10-24(23)29(27)15-16-32-22-13-11-19-7-3-4-8-20(19)17-22/h3-14,17-18H,15-16H2,1-2H3. The summed E-state index contributed by atoms with van der Waals surface area (Å²) in [6.45, 7) is 1.19. The van der Waals surface area contributed by atoms with E-state index in [1.165, 1.54) is 10.8 Å². The van der Waals surface area contributed by atoms with E-state index in [-0.39, 0.29) is 0 Å². The Morgan fingerprint density at radius 2 is 1.53 bits per heavy atom. The molecule has 0 saturated heterocycles. The molecule has 1 aromatic heterocycles. The predicted octanol–water partition coefficient (Wildman–Crippen LogP) is 5.95. The zero-order chi connectivity index (χ0) is 21.9. The fourth-order valence-electron chi connectivity index (χ4n) is 4.01. The van der Waals surface area contributed by atoms with Crippen molar-refractivity contribution < 1.29 is 14.2 Å². The third-order valence-electron chi connectivity index (χ3n) is 5.60. The van der Waals surface area contributed by atoms with Crippen LogP contribution >= 0.6 is 0 Å². The van der Waals surface area contributed by atoms with Crippen LogP contribution in [0.15, 0.2) is 84.9 Å². The van der Waals surface area contributed by atoms with Crippen LogP contribution in [0.5, 0.6) is 17.2 Å².